The van der Waals surface area contributed by atoms with Crippen LogP contribution in [-0.4, -0.2) is 42.3 Å². The Balaban J connectivity index is 0.00000192. The van der Waals surface area contributed by atoms with Gasteiger partial charge in [0.25, 0.3) is 0 Å². The molecule has 1 aromatic rings. The number of hydrogen-bond acceptors (Lipinski definition) is 3. The number of nitrogens with one attached hydrogen (secondary N) is 1. The Labute approximate surface area is 144 Å². The molecule has 0 aromatic heterocycles. The lowest BCUT2D eigenvalue weighted by atomic mass is 10.0. The zero-order chi connectivity index (χ0) is 15.5. The second kappa shape index (κ2) is 7.93. The summed E-state index contributed by atoms with van der Waals surface area (Å²) in [6, 6.07) is 6.25. The Morgan fingerprint density at radius 2 is 2.00 bits per heavy atom. The van der Waals surface area contributed by atoms with Crippen LogP contribution in [0, 0.1) is 0 Å². The van der Waals surface area contributed by atoms with Gasteiger partial charge in [-0.1, -0.05) is 12.1 Å². The summed E-state index contributed by atoms with van der Waals surface area (Å²) < 4.78 is 0. The summed E-state index contributed by atoms with van der Waals surface area (Å²) in [5, 5.41) is 3.27. The van der Waals surface area contributed by atoms with Crippen molar-refractivity contribution in [2.75, 3.05) is 19.6 Å². The van der Waals surface area contributed by atoms with Crippen molar-refractivity contribution in [2.24, 2.45) is 0 Å². The molecule has 1 aromatic carbocycles. The lowest BCUT2D eigenvalue weighted by molar-refractivity contribution is -0.133. The number of benzene rings is 1. The molecule has 1 heterocycles. The number of carbonyl (C=O) groups excluding carboxylic acids is 2. The molecular formula is C18H25ClN2O2. The van der Waals surface area contributed by atoms with E-state index in [9.17, 15) is 9.59 Å². The zero-order valence-electron chi connectivity index (χ0n) is 13.6. The van der Waals surface area contributed by atoms with E-state index in [-0.39, 0.29) is 30.1 Å². The van der Waals surface area contributed by atoms with Crippen molar-refractivity contribution in [3.05, 3.63) is 34.9 Å². The van der Waals surface area contributed by atoms with Crippen LogP contribution < -0.4 is 5.32 Å². The second-order valence-electron chi connectivity index (χ2n) is 6.40. The van der Waals surface area contributed by atoms with Gasteiger partial charge in [-0.05, 0) is 43.4 Å². The highest BCUT2D eigenvalue weighted by Gasteiger charge is 2.23. The summed E-state index contributed by atoms with van der Waals surface area (Å²) in [7, 11) is 0. The molecule has 4 nitrogen and oxygen atoms in total. The van der Waals surface area contributed by atoms with E-state index in [2.05, 4.69) is 11.4 Å². The molecule has 2 aliphatic rings. The maximum atomic E-state index is 12.3. The van der Waals surface area contributed by atoms with Crippen LogP contribution in [0.15, 0.2) is 18.2 Å². The number of amides is 1. The molecule has 1 aliphatic heterocycles. The molecule has 0 unspecified atom stereocenters. The van der Waals surface area contributed by atoms with Gasteiger partial charge in [-0.3, -0.25) is 9.59 Å². The first-order valence-corrected chi connectivity index (χ1v) is 8.30. The first-order chi connectivity index (χ1) is 10.6. The quantitative estimate of drug-likeness (QED) is 0.859. The summed E-state index contributed by atoms with van der Waals surface area (Å²) in [5.74, 6) is 0.189. The number of ketones is 1. The first-order valence-electron chi connectivity index (χ1n) is 8.30. The van der Waals surface area contributed by atoms with Crippen LogP contribution in [0.2, 0.25) is 0 Å². The van der Waals surface area contributed by atoms with Gasteiger partial charge in [0.1, 0.15) is 0 Å². The second-order valence-corrected chi connectivity index (χ2v) is 6.40. The normalized spacial score (nSPS) is 19.9. The van der Waals surface area contributed by atoms with E-state index >= 15 is 0 Å². The molecule has 1 fully saturated rings. The van der Waals surface area contributed by atoms with Gasteiger partial charge >= 0.3 is 0 Å². The average molecular weight is 337 g/mol. The highest BCUT2D eigenvalue weighted by atomic mass is 35.5. The average Bonchev–Trinajstić information content (AvgIpc) is 3.00. The standard InChI is InChI=1S/C18H24N2O2.ClH/c1-13-12-19-9-10-20(13)18(22)8-7-17(21)16-6-5-14-3-2-4-15(14)11-16;/h5-6,11,13,19H,2-4,7-10,12H2,1H3;1H/t13-;/m0./s1. The number of Topliss-reactive ketones (excluding diaryl/α,β-unsaturated/α-hetero) is 1. The van der Waals surface area contributed by atoms with Gasteiger partial charge in [-0.2, -0.15) is 0 Å². The predicted molar refractivity (Wildman–Crippen MR) is 93.3 cm³/mol. The van der Waals surface area contributed by atoms with E-state index in [0.717, 1.165) is 38.0 Å². The smallest absolute Gasteiger partial charge is 0.223 e. The van der Waals surface area contributed by atoms with Gasteiger partial charge in [0.2, 0.25) is 5.91 Å². The van der Waals surface area contributed by atoms with Crippen LogP contribution >= 0.6 is 12.4 Å². The molecule has 0 saturated carbocycles. The molecule has 1 N–H and O–H groups in total. The number of aryl methyl sites for hydroxylation is 2. The summed E-state index contributed by atoms with van der Waals surface area (Å²) in [6.45, 7) is 4.47. The molecule has 23 heavy (non-hydrogen) atoms. The minimum Gasteiger partial charge on any atom is -0.337 e. The van der Waals surface area contributed by atoms with E-state index in [4.69, 9.17) is 0 Å². The van der Waals surface area contributed by atoms with Crippen molar-refractivity contribution in [1.29, 1.82) is 0 Å². The summed E-state index contributed by atoms with van der Waals surface area (Å²) in [5.41, 5.74) is 3.46. The number of nitrogens with zero attached hydrogens (tertiary/aromatic N) is 1. The number of piperazine rings is 1. The summed E-state index contributed by atoms with van der Waals surface area (Å²) >= 11 is 0. The van der Waals surface area contributed by atoms with Crippen LogP contribution in [0.5, 0.6) is 0 Å². The first kappa shape index (κ1) is 18.0. The molecular weight excluding hydrogens is 312 g/mol. The molecule has 1 saturated heterocycles. The molecule has 0 bridgehead atoms. The number of hydrogen-bond donors (Lipinski definition) is 1. The highest BCUT2D eigenvalue weighted by Crippen LogP contribution is 2.23. The molecule has 0 radical (unpaired) electrons. The monoisotopic (exact) mass is 336 g/mol. The van der Waals surface area contributed by atoms with Gasteiger partial charge in [0, 0.05) is 44.1 Å². The number of halogens is 1. The van der Waals surface area contributed by atoms with Gasteiger partial charge in [-0.15, -0.1) is 12.4 Å². The topological polar surface area (TPSA) is 49.4 Å². The maximum Gasteiger partial charge on any atom is 0.223 e. The minimum absolute atomic E-state index is 0. The summed E-state index contributed by atoms with van der Waals surface area (Å²) in [6.07, 6.45) is 4.03. The molecule has 126 valence electrons. The van der Waals surface area contributed by atoms with Gasteiger partial charge in [0.05, 0.1) is 0 Å². The maximum absolute atomic E-state index is 12.3. The fourth-order valence-corrected chi connectivity index (χ4v) is 3.47. The molecule has 1 amide bonds. The van der Waals surface area contributed by atoms with Crippen LogP contribution in [0.1, 0.15) is 47.7 Å². The van der Waals surface area contributed by atoms with Crippen molar-refractivity contribution in [2.45, 2.75) is 45.1 Å². The largest absolute Gasteiger partial charge is 0.337 e. The van der Waals surface area contributed by atoms with E-state index in [1.54, 1.807) is 0 Å². The minimum atomic E-state index is 0. The van der Waals surface area contributed by atoms with Crippen molar-refractivity contribution in [3.63, 3.8) is 0 Å². The Hall–Kier alpha value is -1.39. The fraction of sp³-hybridized carbons (Fsp3) is 0.556. The lowest BCUT2D eigenvalue weighted by Gasteiger charge is -2.34. The van der Waals surface area contributed by atoms with Gasteiger partial charge < -0.3 is 10.2 Å². The Bertz CT molecular complexity index is 588. The third-order valence-electron chi connectivity index (χ3n) is 4.81. The molecule has 5 heteroatoms. The third-order valence-corrected chi connectivity index (χ3v) is 4.81. The Morgan fingerprint density at radius 3 is 2.78 bits per heavy atom. The van der Waals surface area contributed by atoms with E-state index in [1.807, 2.05) is 24.0 Å². The molecule has 1 aliphatic carbocycles. The highest BCUT2D eigenvalue weighted by molar-refractivity contribution is 5.98. The van der Waals surface area contributed by atoms with Crippen molar-refractivity contribution in [3.8, 4) is 0 Å². The van der Waals surface area contributed by atoms with Crippen molar-refractivity contribution >= 4 is 24.1 Å². The van der Waals surface area contributed by atoms with E-state index in [0.29, 0.717) is 12.8 Å². The van der Waals surface area contributed by atoms with Gasteiger partial charge in [-0.25, -0.2) is 0 Å². The molecule has 3 rings (SSSR count). The number of fused-ring (bicyclic) bond motifs is 1. The van der Waals surface area contributed by atoms with Crippen LogP contribution in [-0.2, 0) is 17.6 Å². The van der Waals surface area contributed by atoms with Crippen LogP contribution in [0.3, 0.4) is 0 Å². The number of rotatable bonds is 4. The van der Waals surface area contributed by atoms with Crippen molar-refractivity contribution in [1.82, 2.24) is 10.2 Å². The lowest BCUT2D eigenvalue weighted by Crippen LogP contribution is -2.52. The van der Waals surface area contributed by atoms with E-state index < -0.39 is 0 Å². The van der Waals surface area contributed by atoms with Crippen LogP contribution in [0.4, 0.5) is 0 Å². The Kier molecular flexibility index (Phi) is 6.19. The Morgan fingerprint density at radius 1 is 1.22 bits per heavy atom. The third kappa shape index (κ3) is 4.12. The number of carbonyl (C=O) groups is 2. The van der Waals surface area contributed by atoms with Gasteiger partial charge in [0.15, 0.2) is 5.78 Å². The fourth-order valence-electron chi connectivity index (χ4n) is 3.47. The zero-order valence-corrected chi connectivity index (χ0v) is 14.5. The van der Waals surface area contributed by atoms with E-state index in [1.165, 1.54) is 17.5 Å². The SMILES string of the molecule is C[C@H]1CNCCN1C(=O)CCC(=O)c1ccc2c(c1)CCC2.Cl. The molecule has 1 atom stereocenters. The van der Waals surface area contributed by atoms with Crippen LogP contribution in [0.25, 0.3) is 0 Å². The summed E-state index contributed by atoms with van der Waals surface area (Å²) in [4.78, 5) is 26.5. The predicted octanol–water partition coefficient (Wildman–Crippen LogP) is 2.38. The van der Waals surface area contributed by atoms with Crippen molar-refractivity contribution < 1.29 is 9.59 Å². The molecule has 0 spiro atoms.